The maximum absolute atomic E-state index is 12.0. The van der Waals surface area contributed by atoms with E-state index in [1.54, 1.807) is 11.3 Å². The number of carbonyl (C=O) groups is 1. The predicted molar refractivity (Wildman–Crippen MR) is 76.1 cm³/mol. The molecule has 1 amide bonds. The van der Waals surface area contributed by atoms with Crippen molar-refractivity contribution >= 4 is 22.4 Å². The Kier molecular flexibility index (Phi) is 4.75. The van der Waals surface area contributed by atoms with Crippen LogP contribution in [0.25, 0.3) is 0 Å². The van der Waals surface area contributed by atoms with Crippen LogP contribution in [0.2, 0.25) is 0 Å². The zero-order valence-corrected chi connectivity index (χ0v) is 12.1. The third-order valence-electron chi connectivity index (χ3n) is 3.68. The van der Waals surface area contributed by atoms with Gasteiger partial charge in [0.1, 0.15) is 0 Å². The SMILES string of the molecule is CCC(CC)C(=O)Nc1nc2c(s1)CCCCC2. The molecule has 1 heterocycles. The topological polar surface area (TPSA) is 42.0 Å². The van der Waals surface area contributed by atoms with E-state index in [9.17, 15) is 4.79 Å². The van der Waals surface area contributed by atoms with Gasteiger partial charge in [0.15, 0.2) is 5.13 Å². The van der Waals surface area contributed by atoms with Crippen LogP contribution in [0.3, 0.4) is 0 Å². The van der Waals surface area contributed by atoms with Crippen LogP contribution >= 0.6 is 11.3 Å². The van der Waals surface area contributed by atoms with Crippen molar-refractivity contribution in [2.24, 2.45) is 5.92 Å². The highest BCUT2D eigenvalue weighted by atomic mass is 32.1. The molecule has 3 nitrogen and oxygen atoms in total. The van der Waals surface area contributed by atoms with Crippen molar-refractivity contribution < 1.29 is 4.79 Å². The lowest BCUT2D eigenvalue weighted by Gasteiger charge is -2.10. The van der Waals surface area contributed by atoms with Gasteiger partial charge in [-0.1, -0.05) is 20.3 Å². The van der Waals surface area contributed by atoms with E-state index in [1.807, 2.05) is 0 Å². The molecule has 1 aromatic heterocycles. The zero-order chi connectivity index (χ0) is 13.0. The minimum Gasteiger partial charge on any atom is -0.302 e. The number of amides is 1. The highest BCUT2D eigenvalue weighted by Crippen LogP contribution is 2.29. The van der Waals surface area contributed by atoms with Crippen molar-refractivity contribution in [3.05, 3.63) is 10.6 Å². The molecule has 1 aliphatic rings. The van der Waals surface area contributed by atoms with Gasteiger partial charge in [-0.3, -0.25) is 4.79 Å². The Morgan fingerprint density at radius 1 is 1.28 bits per heavy atom. The van der Waals surface area contributed by atoms with Crippen molar-refractivity contribution in [1.29, 1.82) is 0 Å². The molecule has 0 atom stereocenters. The molecule has 1 aliphatic carbocycles. The van der Waals surface area contributed by atoms with E-state index in [2.05, 4.69) is 24.1 Å². The Labute approximate surface area is 113 Å². The first kappa shape index (κ1) is 13.5. The van der Waals surface area contributed by atoms with Crippen LogP contribution in [0.5, 0.6) is 0 Å². The van der Waals surface area contributed by atoms with Gasteiger partial charge in [0.05, 0.1) is 5.69 Å². The Morgan fingerprint density at radius 3 is 2.72 bits per heavy atom. The van der Waals surface area contributed by atoms with Gasteiger partial charge in [-0.05, 0) is 38.5 Å². The summed E-state index contributed by atoms with van der Waals surface area (Å²) in [6, 6.07) is 0. The van der Waals surface area contributed by atoms with Crippen LogP contribution in [0, 0.1) is 5.92 Å². The smallest absolute Gasteiger partial charge is 0.229 e. The molecule has 4 heteroatoms. The minimum absolute atomic E-state index is 0.119. The van der Waals surface area contributed by atoms with Crippen molar-refractivity contribution in [1.82, 2.24) is 4.98 Å². The molecule has 0 fully saturated rings. The van der Waals surface area contributed by atoms with E-state index in [1.165, 1.54) is 29.8 Å². The lowest BCUT2D eigenvalue weighted by molar-refractivity contribution is -0.120. The number of anilines is 1. The molecule has 18 heavy (non-hydrogen) atoms. The highest BCUT2D eigenvalue weighted by molar-refractivity contribution is 7.15. The van der Waals surface area contributed by atoms with E-state index < -0.39 is 0 Å². The number of nitrogens with zero attached hydrogens (tertiary/aromatic N) is 1. The number of nitrogens with one attached hydrogen (secondary N) is 1. The molecule has 0 aliphatic heterocycles. The second-order valence-electron chi connectivity index (χ2n) is 4.95. The molecule has 100 valence electrons. The van der Waals surface area contributed by atoms with Gasteiger partial charge >= 0.3 is 0 Å². The molecule has 0 spiro atoms. The Morgan fingerprint density at radius 2 is 2.00 bits per heavy atom. The molecule has 2 rings (SSSR count). The minimum atomic E-state index is 0.119. The molecule has 0 saturated carbocycles. The number of thiazole rings is 1. The summed E-state index contributed by atoms with van der Waals surface area (Å²) in [5.41, 5.74) is 1.22. The van der Waals surface area contributed by atoms with E-state index in [0.29, 0.717) is 0 Å². The predicted octanol–water partition coefficient (Wildman–Crippen LogP) is 3.79. The average Bonchev–Trinajstić information content (AvgIpc) is 2.60. The molecule has 0 radical (unpaired) electrons. The van der Waals surface area contributed by atoms with Crippen molar-refractivity contribution in [3.63, 3.8) is 0 Å². The summed E-state index contributed by atoms with van der Waals surface area (Å²) in [4.78, 5) is 18.0. The fraction of sp³-hybridized carbons (Fsp3) is 0.714. The molecule has 0 unspecified atom stereocenters. The lowest BCUT2D eigenvalue weighted by atomic mass is 10.0. The standard InChI is InChI=1S/C14H22N2OS/c1-3-10(4-2)13(17)16-14-15-11-8-6-5-7-9-12(11)18-14/h10H,3-9H2,1-2H3,(H,15,16,17). The Balaban J connectivity index is 2.04. The van der Waals surface area contributed by atoms with Gasteiger partial charge in [-0.25, -0.2) is 4.98 Å². The van der Waals surface area contributed by atoms with Crippen molar-refractivity contribution in [3.8, 4) is 0 Å². The van der Waals surface area contributed by atoms with Crippen molar-refractivity contribution in [2.75, 3.05) is 5.32 Å². The van der Waals surface area contributed by atoms with Gasteiger partial charge in [-0.15, -0.1) is 11.3 Å². The van der Waals surface area contributed by atoms with Crippen LogP contribution in [0.1, 0.15) is 56.5 Å². The van der Waals surface area contributed by atoms with Crippen molar-refractivity contribution in [2.45, 2.75) is 58.8 Å². The van der Waals surface area contributed by atoms with Gasteiger partial charge in [0.2, 0.25) is 5.91 Å². The maximum atomic E-state index is 12.0. The molecule has 0 bridgehead atoms. The number of hydrogen-bond donors (Lipinski definition) is 1. The molecule has 1 aromatic rings. The van der Waals surface area contributed by atoms with Gasteiger partial charge in [0.25, 0.3) is 0 Å². The number of rotatable bonds is 4. The first-order valence-electron chi connectivity index (χ1n) is 7.04. The van der Waals surface area contributed by atoms with Crippen LogP contribution in [-0.2, 0) is 17.6 Å². The van der Waals surface area contributed by atoms with Crippen LogP contribution in [0.15, 0.2) is 0 Å². The first-order chi connectivity index (χ1) is 8.74. The Bertz CT molecular complexity index is 386. The van der Waals surface area contributed by atoms with E-state index in [-0.39, 0.29) is 11.8 Å². The highest BCUT2D eigenvalue weighted by Gasteiger charge is 2.18. The molecular weight excluding hydrogens is 244 g/mol. The second kappa shape index (κ2) is 6.32. The molecule has 0 saturated heterocycles. The fourth-order valence-corrected chi connectivity index (χ4v) is 3.50. The van der Waals surface area contributed by atoms with Gasteiger partial charge in [0, 0.05) is 10.8 Å². The first-order valence-corrected chi connectivity index (χ1v) is 7.85. The fourth-order valence-electron chi connectivity index (χ4n) is 2.45. The number of hydrogen-bond acceptors (Lipinski definition) is 3. The van der Waals surface area contributed by atoms with E-state index >= 15 is 0 Å². The molecular formula is C14H22N2OS. The number of carbonyl (C=O) groups excluding carboxylic acids is 1. The third kappa shape index (κ3) is 3.10. The monoisotopic (exact) mass is 266 g/mol. The number of aromatic nitrogens is 1. The van der Waals surface area contributed by atoms with Crippen LogP contribution in [-0.4, -0.2) is 10.9 Å². The summed E-state index contributed by atoms with van der Waals surface area (Å²) in [5.74, 6) is 0.248. The van der Waals surface area contributed by atoms with Gasteiger partial charge in [-0.2, -0.15) is 0 Å². The second-order valence-corrected chi connectivity index (χ2v) is 6.04. The Hall–Kier alpha value is -0.900. The normalized spacial score (nSPS) is 15.3. The largest absolute Gasteiger partial charge is 0.302 e. The average molecular weight is 266 g/mol. The zero-order valence-electron chi connectivity index (χ0n) is 11.3. The van der Waals surface area contributed by atoms with E-state index in [4.69, 9.17) is 0 Å². The number of fused-ring (bicyclic) bond motifs is 1. The van der Waals surface area contributed by atoms with Gasteiger partial charge < -0.3 is 5.32 Å². The van der Waals surface area contributed by atoms with Crippen LogP contribution in [0.4, 0.5) is 5.13 Å². The summed E-state index contributed by atoms with van der Waals surface area (Å²) in [6.45, 7) is 4.12. The molecule has 1 N–H and O–H groups in total. The quantitative estimate of drug-likeness (QED) is 0.843. The number of aryl methyl sites for hydroxylation is 2. The lowest BCUT2D eigenvalue weighted by Crippen LogP contribution is -2.21. The van der Waals surface area contributed by atoms with E-state index in [0.717, 1.165) is 30.8 Å². The molecule has 0 aromatic carbocycles. The summed E-state index contributed by atoms with van der Waals surface area (Å²) >= 11 is 1.67. The summed E-state index contributed by atoms with van der Waals surface area (Å²) in [6.07, 6.45) is 7.80. The summed E-state index contributed by atoms with van der Waals surface area (Å²) in [5, 5.41) is 3.79. The maximum Gasteiger partial charge on any atom is 0.229 e. The van der Waals surface area contributed by atoms with Crippen LogP contribution < -0.4 is 5.32 Å². The summed E-state index contributed by atoms with van der Waals surface area (Å²) < 4.78 is 0. The summed E-state index contributed by atoms with van der Waals surface area (Å²) in [7, 11) is 0. The third-order valence-corrected chi connectivity index (χ3v) is 4.76.